The summed E-state index contributed by atoms with van der Waals surface area (Å²) in [6, 6.07) is 14.2. The van der Waals surface area contributed by atoms with Crippen LogP contribution in [0.3, 0.4) is 0 Å². The number of rotatable bonds is 6. The van der Waals surface area contributed by atoms with Crippen LogP contribution in [0.1, 0.15) is 0 Å². The second kappa shape index (κ2) is 45.0. The van der Waals surface area contributed by atoms with Crippen LogP contribution in [-0.2, 0) is 56.8 Å². The molecule has 81 heavy (non-hydrogen) atoms. The van der Waals surface area contributed by atoms with Crippen LogP contribution in [0.25, 0.3) is 0 Å². The number of ether oxygens (including phenoxy) is 12. The molecule has 0 radical (unpaired) electrons. The third-order valence-corrected chi connectivity index (χ3v) is 18.8. The number of hydrogen-bond donors (Lipinski definition) is 2. The third-order valence-electron chi connectivity index (χ3n) is 12.8. The minimum absolute atomic E-state index is 0. The number of hydrogen-bond acceptors (Lipinski definition) is 14. The van der Waals surface area contributed by atoms with Crippen LogP contribution >= 0.6 is 0 Å². The second-order valence-corrected chi connectivity index (χ2v) is 26.7. The van der Waals surface area contributed by atoms with Crippen molar-refractivity contribution in [2.75, 3.05) is 237 Å². The first kappa shape index (κ1) is 77.7. The van der Waals surface area contributed by atoms with Crippen molar-refractivity contribution in [1.82, 2.24) is 9.80 Å². The first-order chi connectivity index (χ1) is 38.0. The standard InChI is InChI=1S/2C18H36N2O6.C16H14F8Si3.2K/c2*1-7-21-13-14-24-10-4-20-5-11-25-17-15-22-8-2-19(1)3-9-23-16-18-26-12-6-20;17-26(18,19,20)13-11-25(12-14-27(21,22,23)24,15-7-3-1-4-8-15)16-9-5-2-6-10-16;;/h2*1-18H2;1-14H;;/q;;-2;2*+1/p+2/b;;13-11+,14-12+;;. The zero-order valence-electron chi connectivity index (χ0n) is 47.9. The zero-order chi connectivity index (χ0) is 56.7. The molecule has 0 atom stereocenters. The fourth-order valence-electron chi connectivity index (χ4n) is 8.36. The number of halogens is 8. The Morgan fingerprint density at radius 3 is 0.704 bits per heavy atom. The molecule has 6 saturated heterocycles. The minimum atomic E-state index is -8.39. The van der Waals surface area contributed by atoms with E-state index in [1.165, 1.54) is 70.5 Å². The summed E-state index contributed by atoms with van der Waals surface area (Å²) in [6.07, 6.45) is 0. The Kier molecular flexibility index (Phi) is 43.2. The van der Waals surface area contributed by atoms with Gasteiger partial charge >= 0.3 is 255 Å². The Morgan fingerprint density at radius 1 is 0.309 bits per heavy atom. The number of quaternary nitrogens is 2. The maximum atomic E-state index is 13.0. The molecule has 6 aliphatic heterocycles. The van der Waals surface area contributed by atoms with Crippen LogP contribution in [0.2, 0.25) is 0 Å². The molecule has 29 heteroatoms. The molecule has 2 aromatic carbocycles. The predicted molar refractivity (Wildman–Crippen MR) is 290 cm³/mol. The molecule has 456 valence electrons. The summed E-state index contributed by atoms with van der Waals surface area (Å²) in [4.78, 5) is 7.50. The molecule has 2 aromatic rings. The molecule has 4 bridgehead atoms. The molecule has 0 spiro atoms. The summed E-state index contributed by atoms with van der Waals surface area (Å²) in [6.45, 7) is 27.3. The van der Waals surface area contributed by atoms with Gasteiger partial charge in [-0.3, -0.25) is 9.80 Å². The van der Waals surface area contributed by atoms with E-state index in [0.29, 0.717) is 130 Å². The smallest absolute Gasteiger partial charge is 1.00 e. The molecule has 6 heterocycles. The Bertz CT molecular complexity index is 1620. The summed E-state index contributed by atoms with van der Waals surface area (Å²) in [5.74, 6) is 0. The van der Waals surface area contributed by atoms with E-state index in [-0.39, 0.29) is 113 Å². The number of nitrogens with zero attached hydrogens (tertiary/aromatic N) is 2. The van der Waals surface area contributed by atoms with Gasteiger partial charge in [0.2, 0.25) is 0 Å². The molecule has 0 saturated carbocycles. The minimum Gasteiger partial charge on any atom is 1.00 e. The normalized spacial score (nSPS) is 25.1. The number of nitrogens with one attached hydrogen (secondary N) is 2. The maximum absolute atomic E-state index is 13.0. The van der Waals surface area contributed by atoms with Gasteiger partial charge in [-0.15, -0.1) is 0 Å². The average molecular weight is 1280 g/mol. The van der Waals surface area contributed by atoms with E-state index in [9.17, 15) is 32.9 Å². The van der Waals surface area contributed by atoms with E-state index in [4.69, 9.17) is 56.8 Å². The van der Waals surface area contributed by atoms with E-state index in [1.54, 1.807) is 0 Å². The molecule has 8 rings (SSSR count). The molecule has 2 N–H and O–H groups in total. The van der Waals surface area contributed by atoms with Gasteiger partial charge in [0.1, 0.15) is 39.3 Å². The van der Waals surface area contributed by atoms with Gasteiger partial charge in [-0.25, -0.2) is 0 Å². The van der Waals surface area contributed by atoms with E-state index in [2.05, 4.69) is 9.80 Å². The van der Waals surface area contributed by atoms with Crippen LogP contribution in [0, 0.1) is 0 Å². The molecule has 0 aliphatic carbocycles. The van der Waals surface area contributed by atoms with Gasteiger partial charge in [0.15, 0.2) is 0 Å². The van der Waals surface area contributed by atoms with Gasteiger partial charge in [0, 0.05) is 39.3 Å². The molecular formula is C52H88F8K2N4O12Si3+2. The van der Waals surface area contributed by atoms with Crippen LogP contribution in [0.4, 0.5) is 32.9 Å². The van der Waals surface area contributed by atoms with Gasteiger partial charge in [-0.05, 0) is 0 Å². The third kappa shape index (κ3) is 40.7. The summed E-state index contributed by atoms with van der Waals surface area (Å²) in [5, 5.41) is 0.273. The fraction of sp³-hybridized carbons (Fsp3) is 0.692. The van der Waals surface area contributed by atoms with E-state index >= 15 is 0 Å². The van der Waals surface area contributed by atoms with Crippen LogP contribution in [0.15, 0.2) is 83.5 Å². The van der Waals surface area contributed by atoms with Gasteiger partial charge < -0.3 is 66.6 Å². The molecule has 0 amide bonds. The first-order valence-electron chi connectivity index (χ1n) is 27.6. The van der Waals surface area contributed by atoms with Crippen molar-refractivity contribution in [2.45, 2.75) is 0 Å². The fourth-order valence-corrected chi connectivity index (χ4v) is 15.2. The second-order valence-electron chi connectivity index (χ2n) is 19.0. The topological polar surface area (TPSA) is 126 Å². The van der Waals surface area contributed by atoms with Crippen molar-refractivity contribution < 1.29 is 202 Å². The number of benzene rings is 2. The van der Waals surface area contributed by atoms with Crippen molar-refractivity contribution in [1.29, 1.82) is 0 Å². The zero-order valence-corrected chi connectivity index (χ0v) is 57.1. The Morgan fingerprint density at radius 2 is 0.506 bits per heavy atom. The summed E-state index contributed by atoms with van der Waals surface area (Å²) in [5.41, 5.74) is -0.233. The van der Waals surface area contributed by atoms with Gasteiger partial charge in [0.05, 0.1) is 159 Å². The van der Waals surface area contributed by atoms with Crippen molar-refractivity contribution in [3.05, 3.63) is 83.5 Å². The molecule has 0 aromatic heterocycles. The van der Waals surface area contributed by atoms with Crippen molar-refractivity contribution >= 4 is 35.8 Å². The van der Waals surface area contributed by atoms with E-state index in [1.807, 2.05) is 0 Å². The van der Waals surface area contributed by atoms with Crippen molar-refractivity contribution in [2.24, 2.45) is 0 Å². The van der Waals surface area contributed by atoms with Gasteiger partial charge in [-0.2, -0.15) is 0 Å². The molecule has 6 aliphatic rings. The van der Waals surface area contributed by atoms with Crippen LogP contribution < -0.4 is 123 Å². The first-order valence-corrected chi connectivity index (χ1v) is 33.9. The summed E-state index contributed by atoms with van der Waals surface area (Å²) in [7, 11) is -20.9. The van der Waals surface area contributed by atoms with E-state index in [0.717, 1.165) is 118 Å². The molecule has 6 fully saturated rings. The Hall–Kier alpha value is 0.643. The van der Waals surface area contributed by atoms with Gasteiger partial charge in [0.25, 0.3) is 0 Å². The maximum Gasteiger partial charge on any atom is 1.00 e. The molecule has 0 unspecified atom stereocenters. The van der Waals surface area contributed by atoms with E-state index < -0.39 is 36.8 Å². The largest absolute Gasteiger partial charge is 1.00 e. The Balaban J connectivity index is 0.000000410. The predicted octanol–water partition coefficient (Wildman–Crippen LogP) is -4.34. The van der Waals surface area contributed by atoms with Crippen molar-refractivity contribution in [3.63, 3.8) is 0 Å². The Labute approximate surface area is 562 Å². The summed E-state index contributed by atoms with van der Waals surface area (Å²) < 4.78 is 172. The van der Waals surface area contributed by atoms with Crippen molar-refractivity contribution in [3.8, 4) is 0 Å². The molecular weight excluding hydrogens is 1190 g/mol. The molecule has 16 nitrogen and oxygen atoms in total. The SMILES string of the molecule is C1COCCN2CCOCCOCCN(CCO1)CCOCCOCC2.C1COCC[NH+]2CCOCCOCC[NH+](CCO1)CCOCCOCC2.F[Si-](F)(F)(F)/C=C/[Si](/C=C/[Si-](F)(F)(F)F)(c1ccccc1)c1ccccc1.[K+].[K+]. The van der Waals surface area contributed by atoms with Crippen LogP contribution in [0.5, 0.6) is 0 Å². The quantitative estimate of drug-likeness (QED) is 0.165. The van der Waals surface area contributed by atoms with Crippen LogP contribution in [-0.4, -0.2) is 272 Å². The average Bonchev–Trinajstić information content (AvgIpc) is 3.41. The monoisotopic (exact) mass is 1270 g/mol. The summed E-state index contributed by atoms with van der Waals surface area (Å²) >= 11 is 0. The number of fused-ring (bicyclic) bond motifs is 42. The van der Waals surface area contributed by atoms with Gasteiger partial charge in [-0.1, -0.05) is 0 Å².